The van der Waals surface area contributed by atoms with Crippen LogP contribution < -0.4 is 19.5 Å². The van der Waals surface area contributed by atoms with E-state index in [-0.39, 0.29) is 18.1 Å². The Morgan fingerprint density at radius 1 is 1.16 bits per heavy atom. The summed E-state index contributed by atoms with van der Waals surface area (Å²) in [5.41, 5.74) is 1.36. The molecule has 2 aromatic rings. The Labute approximate surface area is 147 Å². The summed E-state index contributed by atoms with van der Waals surface area (Å²) in [6.45, 7) is 6.54. The van der Waals surface area contributed by atoms with Gasteiger partial charge < -0.3 is 19.5 Å². The Bertz CT molecular complexity index is 770. The molecule has 0 saturated heterocycles. The Kier molecular flexibility index (Phi) is 4.83. The number of carbonyl (C=O) groups is 1. The maximum absolute atomic E-state index is 12.3. The van der Waals surface area contributed by atoms with Gasteiger partial charge >= 0.3 is 0 Å². The molecule has 0 bridgehead atoms. The van der Waals surface area contributed by atoms with Crippen molar-refractivity contribution in [3.63, 3.8) is 0 Å². The van der Waals surface area contributed by atoms with Crippen LogP contribution in [0.25, 0.3) is 0 Å². The van der Waals surface area contributed by atoms with Crippen molar-refractivity contribution < 1.29 is 19.0 Å². The van der Waals surface area contributed by atoms with Crippen molar-refractivity contribution in [3.8, 4) is 17.2 Å². The van der Waals surface area contributed by atoms with Crippen LogP contribution in [0.5, 0.6) is 17.2 Å². The molecule has 25 heavy (non-hydrogen) atoms. The van der Waals surface area contributed by atoms with Crippen molar-refractivity contribution in [2.75, 3.05) is 12.1 Å². The summed E-state index contributed by atoms with van der Waals surface area (Å²) in [4.78, 5) is 12.3. The molecule has 0 spiro atoms. The van der Waals surface area contributed by atoms with E-state index in [0.717, 1.165) is 23.4 Å². The Morgan fingerprint density at radius 2 is 1.96 bits per heavy atom. The number of amides is 1. The van der Waals surface area contributed by atoms with Crippen LogP contribution in [0.4, 0.5) is 5.69 Å². The summed E-state index contributed by atoms with van der Waals surface area (Å²) < 4.78 is 16.5. The van der Waals surface area contributed by atoms with E-state index in [1.165, 1.54) is 0 Å². The van der Waals surface area contributed by atoms with Gasteiger partial charge in [-0.3, -0.25) is 4.79 Å². The fraction of sp³-hybridized carbons (Fsp3) is 0.350. The van der Waals surface area contributed by atoms with Crippen LogP contribution >= 0.6 is 0 Å². The number of benzene rings is 2. The quantitative estimate of drug-likeness (QED) is 0.848. The average Bonchev–Trinajstić information content (AvgIpc) is 3.08. The monoisotopic (exact) mass is 341 g/mol. The van der Waals surface area contributed by atoms with Crippen molar-refractivity contribution in [2.24, 2.45) is 5.41 Å². The maximum atomic E-state index is 12.3. The van der Waals surface area contributed by atoms with Crippen LogP contribution in [0.1, 0.15) is 32.8 Å². The molecule has 132 valence electrons. The van der Waals surface area contributed by atoms with Gasteiger partial charge in [0.1, 0.15) is 12.4 Å². The van der Waals surface area contributed by atoms with Gasteiger partial charge in [-0.2, -0.15) is 0 Å². The fourth-order valence-electron chi connectivity index (χ4n) is 2.33. The first-order valence-electron chi connectivity index (χ1n) is 8.41. The van der Waals surface area contributed by atoms with Crippen LogP contribution in [-0.4, -0.2) is 12.7 Å². The van der Waals surface area contributed by atoms with E-state index in [1.54, 1.807) is 0 Å². The highest BCUT2D eigenvalue weighted by Crippen LogP contribution is 2.35. The van der Waals surface area contributed by atoms with E-state index >= 15 is 0 Å². The third-order valence-corrected chi connectivity index (χ3v) is 4.43. The number of hydrogen-bond acceptors (Lipinski definition) is 4. The van der Waals surface area contributed by atoms with Gasteiger partial charge in [0, 0.05) is 17.2 Å². The molecule has 0 fully saturated rings. The van der Waals surface area contributed by atoms with Gasteiger partial charge in [-0.05, 0) is 36.2 Å². The van der Waals surface area contributed by atoms with E-state index < -0.39 is 0 Å². The van der Waals surface area contributed by atoms with E-state index in [4.69, 9.17) is 14.2 Å². The second-order valence-electron chi connectivity index (χ2n) is 6.70. The predicted molar refractivity (Wildman–Crippen MR) is 96.0 cm³/mol. The lowest BCUT2D eigenvalue weighted by Crippen LogP contribution is -2.30. The Hall–Kier alpha value is -2.69. The second-order valence-corrected chi connectivity index (χ2v) is 6.70. The minimum atomic E-state index is -0.390. The molecule has 1 heterocycles. The fourth-order valence-corrected chi connectivity index (χ4v) is 2.33. The summed E-state index contributed by atoms with van der Waals surface area (Å²) in [7, 11) is 0. The molecule has 5 heteroatoms. The van der Waals surface area contributed by atoms with Gasteiger partial charge in [-0.1, -0.05) is 32.9 Å². The minimum absolute atomic E-state index is 0.0174. The van der Waals surface area contributed by atoms with Crippen LogP contribution in [0.2, 0.25) is 0 Å². The number of anilines is 1. The number of fused-ring (bicyclic) bond motifs is 1. The zero-order valence-electron chi connectivity index (χ0n) is 14.8. The number of nitrogens with one attached hydrogen (secondary N) is 1. The lowest BCUT2D eigenvalue weighted by molar-refractivity contribution is -0.124. The standard InChI is InChI=1S/C20H23NO4/c1-4-20(2,3)19(22)21-15-7-5-6-14(10-15)12-23-16-8-9-17-18(11-16)25-13-24-17/h5-11H,4,12-13H2,1-3H3,(H,21,22). The highest BCUT2D eigenvalue weighted by atomic mass is 16.7. The van der Waals surface area contributed by atoms with Gasteiger partial charge in [0.25, 0.3) is 0 Å². The topological polar surface area (TPSA) is 56.8 Å². The number of hydrogen-bond donors (Lipinski definition) is 1. The second kappa shape index (κ2) is 7.05. The summed E-state index contributed by atoms with van der Waals surface area (Å²) in [5.74, 6) is 2.16. The normalized spacial score (nSPS) is 12.8. The molecular weight excluding hydrogens is 318 g/mol. The summed E-state index contributed by atoms with van der Waals surface area (Å²) >= 11 is 0. The number of carbonyl (C=O) groups excluding carboxylic acids is 1. The largest absolute Gasteiger partial charge is 0.489 e. The van der Waals surface area contributed by atoms with Gasteiger partial charge in [0.15, 0.2) is 11.5 Å². The molecule has 0 aliphatic carbocycles. The highest BCUT2D eigenvalue weighted by molar-refractivity contribution is 5.94. The molecule has 2 aromatic carbocycles. The van der Waals surface area contributed by atoms with Gasteiger partial charge in [0.2, 0.25) is 12.7 Å². The van der Waals surface area contributed by atoms with Crippen molar-refractivity contribution in [2.45, 2.75) is 33.8 Å². The molecule has 5 nitrogen and oxygen atoms in total. The van der Waals surface area contributed by atoms with Crippen LogP contribution in [0.15, 0.2) is 42.5 Å². The molecule has 0 aromatic heterocycles. The van der Waals surface area contributed by atoms with Crippen molar-refractivity contribution in [1.82, 2.24) is 0 Å². The first-order chi connectivity index (χ1) is 12.0. The lowest BCUT2D eigenvalue weighted by Gasteiger charge is -2.21. The van der Waals surface area contributed by atoms with Crippen LogP contribution in [0.3, 0.4) is 0 Å². The minimum Gasteiger partial charge on any atom is -0.489 e. The van der Waals surface area contributed by atoms with E-state index in [9.17, 15) is 4.79 Å². The summed E-state index contributed by atoms with van der Waals surface area (Å²) in [6.07, 6.45) is 0.783. The average molecular weight is 341 g/mol. The Balaban J connectivity index is 1.63. The van der Waals surface area contributed by atoms with E-state index in [0.29, 0.717) is 18.1 Å². The van der Waals surface area contributed by atoms with Crippen LogP contribution in [0, 0.1) is 5.41 Å². The predicted octanol–water partition coefficient (Wildman–Crippen LogP) is 4.37. The third-order valence-electron chi connectivity index (χ3n) is 4.43. The number of rotatable bonds is 6. The SMILES string of the molecule is CCC(C)(C)C(=O)Nc1cccc(COc2ccc3c(c2)OCO3)c1. The first-order valence-corrected chi connectivity index (χ1v) is 8.41. The molecule has 0 atom stereocenters. The maximum Gasteiger partial charge on any atom is 0.231 e. The van der Waals surface area contributed by atoms with Crippen molar-refractivity contribution in [3.05, 3.63) is 48.0 Å². The molecule has 1 aliphatic rings. The van der Waals surface area contributed by atoms with Gasteiger partial charge in [-0.15, -0.1) is 0 Å². The molecule has 0 unspecified atom stereocenters. The number of ether oxygens (including phenoxy) is 3. The first kappa shape index (κ1) is 17.1. The molecule has 0 radical (unpaired) electrons. The molecule has 1 amide bonds. The smallest absolute Gasteiger partial charge is 0.231 e. The molecule has 1 N–H and O–H groups in total. The van der Waals surface area contributed by atoms with Crippen LogP contribution in [-0.2, 0) is 11.4 Å². The van der Waals surface area contributed by atoms with E-state index in [2.05, 4.69) is 5.32 Å². The molecular formula is C20H23NO4. The highest BCUT2D eigenvalue weighted by Gasteiger charge is 2.25. The lowest BCUT2D eigenvalue weighted by atomic mass is 9.89. The molecule has 0 saturated carbocycles. The molecule has 3 rings (SSSR count). The Morgan fingerprint density at radius 3 is 2.76 bits per heavy atom. The van der Waals surface area contributed by atoms with Gasteiger partial charge in [-0.25, -0.2) is 0 Å². The zero-order chi connectivity index (χ0) is 17.9. The zero-order valence-corrected chi connectivity index (χ0v) is 14.8. The summed E-state index contributed by atoms with van der Waals surface area (Å²) in [6, 6.07) is 13.2. The third kappa shape index (κ3) is 4.05. The van der Waals surface area contributed by atoms with Crippen molar-refractivity contribution >= 4 is 11.6 Å². The van der Waals surface area contributed by atoms with Crippen molar-refractivity contribution in [1.29, 1.82) is 0 Å². The summed E-state index contributed by atoms with van der Waals surface area (Å²) in [5, 5.41) is 2.97. The van der Waals surface area contributed by atoms with Gasteiger partial charge in [0.05, 0.1) is 0 Å². The molecule has 1 aliphatic heterocycles. The van der Waals surface area contributed by atoms with E-state index in [1.807, 2.05) is 63.2 Å².